The van der Waals surface area contributed by atoms with E-state index in [1.807, 2.05) is 45.0 Å². The second-order valence-electron chi connectivity index (χ2n) is 5.01. The Morgan fingerprint density at radius 3 is 2.45 bits per heavy atom. The maximum Gasteiger partial charge on any atom is 0.240 e. The number of hydrogen-bond donors (Lipinski definition) is 2. The number of rotatable bonds is 5. The van der Waals surface area contributed by atoms with Gasteiger partial charge in [0.1, 0.15) is 5.41 Å². The van der Waals surface area contributed by atoms with Gasteiger partial charge in [0.2, 0.25) is 5.91 Å². The monoisotopic (exact) mass is 277 g/mol. The molecule has 0 aromatic heterocycles. The SMILES string of the molecule is CCN(C(=O)C(C)(CC)/C(N)=N/O)c1ccccc1C. The highest BCUT2D eigenvalue weighted by Crippen LogP contribution is 2.29. The molecular formula is C15H23N3O2. The van der Waals surface area contributed by atoms with Crippen molar-refractivity contribution in [1.29, 1.82) is 0 Å². The molecule has 0 bridgehead atoms. The molecule has 20 heavy (non-hydrogen) atoms. The van der Waals surface area contributed by atoms with Crippen LogP contribution in [0.3, 0.4) is 0 Å². The van der Waals surface area contributed by atoms with Crippen molar-refractivity contribution in [3.63, 3.8) is 0 Å². The van der Waals surface area contributed by atoms with Crippen molar-refractivity contribution in [1.82, 2.24) is 0 Å². The summed E-state index contributed by atoms with van der Waals surface area (Å²) in [6.45, 7) is 7.94. The van der Waals surface area contributed by atoms with E-state index < -0.39 is 5.41 Å². The summed E-state index contributed by atoms with van der Waals surface area (Å²) in [6.07, 6.45) is 0.462. The molecule has 0 spiro atoms. The lowest BCUT2D eigenvalue weighted by atomic mass is 9.84. The Hall–Kier alpha value is -2.04. The molecule has 1 atom stereocenters. The van der Waals surface area contributed by atoms with E-state index in [2.05, 4.69) is 5.16 Å². The number of oxime groups is 1. The maximum atomic E-state index is 12.8. The third-order valence-corrected chi connectivity index (χ3v) is 3.82. The second kappa shape index (κ2) is 6.41. The van der Waals surface area contributed by atoms with Gasteiger partial charge in [0, 0.05) is 12.2 Å². The third-order valence-electron chi connectivity index (χ3n) is 3.82. The Morgan fingerprint density at radius 2 is 2.00 bits per heavy atom. The summed E-state index contributed by atoms with van der Waals surface area (Å²) in [5, 5.41) is 12.0. The number of para-hydroxylation sites is 1. The van der Waals surface area contributed by atoms with Gasteiger partial charge in [0.15, 0.2) is 5.84 Å². The standard InChI is InChI=1S/C15H23N3O2/c1-5-15(4,13(16)17-20)14(19)18(6-2)12-10-8-7-9-11(12)3/h7-10,20H,5-6H2,1-4H3,(H2,16,17). The number of carbonyl (C=O) groups excluding carboxylic acids is 1. The fraction of sp³-hybridized carbons (Fsp3) is 0.467. The van der Waals surface area contributed by atoms with Gasteiger partial charge in [-0.15, -0.1) is 0 Å². The zero-order valence-corrected chi connectivity index (χ0v) is 12.6. The smallest absolute Gasteiger partial charge is 0.240 e. The van der Waals surface area contributed by atoms with Crippen LogP contribution in [0.4, 0.5) is 5.69 Å². The van der Waals surface area contributed by atoms with Gasteiger partial charge < -0.3 is 15.8 Å². The Kier molecular flexibility index (Phi) is 5.13. The van der Waals surface area contributed by atoms with Crippen molar-refractivity contribution in [2.24, 2.45) is 16.3 Å². The summed E-state index contributed by atoms with van der Waals surface area (Å²) >= 11 is 0. The van der Waals surface area contributed by atoms with E-state index in [-0.39, 0.29) is 11.7 Å². The van der Waals surface area contributed by atoms with Gasteiger partial charge in [0.05, 0.1) is 0 Å². The molecule has 0 heterocycles. The van der Waals surface area contributed by atoms with Crippen molar-refractivity contribution < 1.29 is 10.0 Å². The van der Waals surface area contributed by atoms with Gasteiger partial charge >= 0.3 is 0 Å². The first-order valence-corrected chi connectivity index (χ1v) is 6.77. The van der Waals surface area contributed by atoms with Crippen LogP contribution in [0.1, 0.15) is 32.8 Å². The summed E-state index contributed by atoms with van der Waals surface area (Å²) in [4.78, 5) is 14.5. The van der Waals surface area contributed by atoms with E-state index in [0.717, 1.165) is 11.3 Å². The molecule has 5 nitrogen and oxygen atoms in total. The van der Waals surface area contributed by atoms with Gasteiger partial charge in [0.25, 0.3) is 0 Å². The summed E-state index contributed by atoms with van der Waals surface area (Å²) in [6, 6.07) is 7.68. The van der Waals surface area contributed by atoms with Crippen LogP contribution in [0.15, 0.2) is 29.4 Å². The minimum absolute atomic E-state index is 0.0583. The highest BCUT2D eigenvalue weighted by atomic mass is 16.4. The maximum absolute atomic E-state index is 12.8. The van der Waals surface area contributed by atoms with Crippen molar-refractivity contribution >= 4 is 17.4 Å². The molecule has 0 aliphatic heterocycles. The highest BCUT2D eigenvalue weighted by Gasteiger charge is 2.39. The first kappa shape index (κ1) is 16.0. The molecule has 0 saturated heterocycles. The fourth-order valence-electron chi connectivity index (χ4n) is 2.14. The molecular weight excluding hydrogens is 254 g/mol. The molecule has 1 rings (SSSR count). The number of nitrogens with zero attached hydrogens (tertiary/aromatic N) is 2. The Balaban J connectivity index is 3.25. The molecule has 0 saturated carbocycles. The van der Waals surface area contributed by atoms with Crippen molar-refractivity contribution in [3.8, 4) is 0 Å². The quantitative estimate of drug-likeness (QED) is 0.375. The normalized spacial score (nSPS) is 14.7. The van der Waals surface area contributed by atoms with Gasteiger partial charge in [-0.1, -0.05) is 30.3 Å². The van der Waals surface area contributed by atoms with Crippen LogP contribution in [0.2, 0.25) is 0 Å². The van der Waals surface area contributed by atoms with Crippen LogP contribution in [-0.4, -0.2) is 23.5 Å². The third kappa shape index (κ3) is 2.76. The topological polar surface area (TPSA) is 78.9 Å². The van der Waals surface area contributed by atoms with Gasteiger partial charge in [-0.05, 0) is 38.8 Å². The molecule has 0 aliphatic carbocycles. The summed E-state index contributed by atoms with van der Waals surface area (Å²) < 4.78 is 0. The molecule has 1 aromatic rings. The Bertz CT molecular complexity index is 514. The minimum atomic E-state index is -1.01. The minimum Gasteiger partial charge on any atom is -0.409 e. The lowest BCUT2D eigenvalue weighted by Crippen LogP contribution is -2.49. The first-order chi connectivity index (χ1) is 9.42. The average molecular weight is 277 g/mol. The van der Waals surface area contributed by atoms with Crippen LogP contribution in [0.25, 0.3) is 0 Å². The highest BCUT2D eigenvalue weighted by molar-refractivity contribution is 6.12. The van der Waals surface area contributed by atoms with Crippen LogP contribution >= 0.6 is 0 Å². The van der Waals surface area contributed by atoms with Crippen LogP contribution < -0.4 is 10.6 Å². The molecule has 0 radical (unpaired) electrons. The number of nitrogens with two attached hydrogens (primary N) is 1. The molecule has 1 amide bonds. The van der Waals surface area contributed by atoms with Crippen LogP contribution in [0, 0.1) is 12.3 Å². The Morgan fingerprint density at radius 1 is 1.40 bits per heavy atom. The molecule has 1 unspecified atom stereocenters. The predicted molar refractivity (Wildman–Crippen MR) is 81.0 cm³/mol. The number of hydrogen-bond acceptors (Lipinski definition) is 3. The fourth-order valence-corrected chi connectivity index (χ4v) is 2.14. The number of benzene rings is 1. The number of amidine groups is 1. The molecule has 1 aromatic carbocycles. The molecule has 110 valence electrons. The van der Waals surface area contributed by atoms with Gasteiger partial charge in [-0.3, -0.25) is 4.79 Å². The van der Waals surface area contributed by atoms with Crippen LogP contribution in [0.5, 0.6) is 0 Å². The largest absolute Gasteiger partial charge is 0.409 e. The number of carbonyl (C=O) groups is 1. The van der Waals surface area contributed by atoms with Crippen molar-refractivity contribution in [2.45, 2.75) is 34.1 Å². The zero-order valence-electron chi connectivity index (χ0n) is 12.6. The van der Waals surface area contributed by atoms with E-state index >= 15 is 0 Å². The summed E-state index contributed by atoms with van der Waals surface area (Å²) in [7, 11) is 0. The average Bonchev–Trinajstić information content (AvgIpc) is 2.47. The second-order valence-corrected chi connectivity index (χ2v) is 5.01. The number of amides is 1. The first-order valence-electron chi connectivity index (χ1n) is 6.77. The van der Waals surface area contributed by atoms with Crippen LogP contribution in [-0.2, 0) is 4.79 Å². The number of aryl methyl sites for hydroxylation is 1. The lowest BCUT2D eigenvalue weighted by Gasteiger charge is -2.33. The summed E-state index contributed by atoms with van der Waals surface area (Å²) in [5.41, 5.74) is 6.58. The molecule has 5 heteroatoms. The predicted octanol–water partition coefficient (Wildman–Crippen LogP) is 2.51. The summed E-state index contributed by atoms with van der Waals surface area (Å²) in [5.74, 6) is -0.218. The Labute approximate surface area is 120 Å². The van der Waals surface area contributed by atoms with E-state index in [1.54, 1.807) is 11.8 Å². The van der Waals surface area contributed by atoms with E-state index in [1.165, 1.54) is 0 Å². The molecule has 0 fully saturated rings. The van der Waals surface area contributed by atoms with E-state index in [4.69, 9.17) is 10.9 Å². The van der Waals surface area contributed by atoms with Gasteiger partial charge in [-0.25, -0.2) is 0 Å². The molecule has 0 aliphatic rings. The van der Waals surface area contributed by atoms with E-state index in [9.17, 15) is 4.79 Å². The van der Waals surface area contributed by atoms with Crippen molar-refractivity contribution in [2.75, 3.05) is 11.4 Å². The number of anilines is 1. The van der Waals surface area contributed by atoms with E-state index in [0.29, 0.717) is 13.0 Å². The zero-order chi connectivity index (χ0) is 15.3. The van der Waals surface area contributed by atoms with Gasteiger partial charge in [-0.2, -0.15) is 0 Å². The molecule has 3 N–H and O–H groups in total. The van der Waals surface area contributed by atoms with Crippen molar-refractivity contribution in [3.05, 3.63) is 29.8 Å². The lowest BCUT2D eigenvalue weighted by molar-refractivity contribution is -0.124.